The molecule has 1 N–H and O–H groups in total. The first-order valence-corrected chi connectivity index (χ1v) is 11.3. The van der Waals surface area contributed by atoms with Crippen LogP contribution in [0.25, 0.3) is 5.70 Å². The first-order valence-electron chi connectivity index (χ1n) is 10.9. The highest BCUT2D eigenvalue weighted by atomic mass is 35.5. The molecule has 0 bridgehead atoms. The number of amides is 2. The summed E-state index contributed by atoms with van der Waals surface area (Å²) in [4.78, 5) is 31.9. The second-order valence-electron chi connectivity index (χ2n) is 8.42. The van der Waals surface area contributed by atoms with E-state index in [-0.39, 0.29) is 35.6 Å². The van der Waals surface area contributed by atoms with E-state index in [1.54, 1.807) is 4.68 Å². The minimum atomic E-state index is -0.332. The van der Waals surface area contributed by atoms with Crippen molar-refractivity contribution in [1.29, 1.82) is 0 Å². The van der Waals surface area contributed by atoms with Gasteiger partial charge in [-0.05, 0) is 42.2 Å². The Morgan fingerprint density at radius 1 is 0.909 bits per heavy atom. The molecule has 3 aromatic rings. The number of hydrogen-bond donors (Lipinski definition) is 1. The van der Waals surface area contributed by atoms with Gasteiger partial charge in [0.15, 0.2) is 0 Å². The maximum Gasteiger partial charge on any atom is 0.260 e. The molecule has 1 aliphatic carbocycles. The quantitative estimate of drug-likeness (QED) is 0.464. The minimum absolute atomic E-state index is 0.114. The van der Waals surface area contributed by atoms with Gasteiger partial charge in [-0.15, -0.1) is 5.10 Å². The lowest BCUT2D eigenvalue weighted by molar-refractivity contribution is -0.122. The summed E-state index contributed by atoms with van der Waals surface area (Å²) in [5.74, 6) is -0.529. The third-order valence-electron chi connectivity index (χ3n) is 6.46. The van der Waals surface area contributed by atoms with Gasteiger partial charge < -0.3 is 5.32 Å². The second-order valence-corrected chi connectivity index (χ2v) is 8.85. The molecule has 2 amide bonds. The Balaban J connectivity index is 1.43. The topological polar surface area (TPSA) is 80.1 Å². The van der Waals surface area contributed by atoms with E-state index in [0.717, 1.165) is 21.7 Å². The number of rotatable bonds is 3. The molecule has 1 saturated heterocycles. The average molecular weight is 458 g/mol. The second kappa shape index (κ2) is 7.71. The van der Waals surface area contributed by atoms with Crippen LogP contribution in [0.2, 0.25) is 5.02 Å². The Bertz CT molecular complexity index is 1290. The fraction of sp³-hybridized carbons (Fsp3) is 0.200. The van der Waals surface area contributed by atoms with Crippen LogP contribution in [0.1, 0.15) is 30.0 Å². The van der Waals surface area contributed by atoms with Gasteiger partial charge in [0.05, 0.1) is 11.8 Å². The van der Waals surface area contributed by atoms with E-state index >= 15 is 0 Å². The fourth-order valence-corrected chi connectivity index (χ4v) is 4.88. The van der Waals surface area contributed by atoms with E-state index < -0.39 is 0 Å². The summed E-state index contributed by atoms with van der Waals surface area (Å²) in [5, 5.41) is 8.60. The molecule has 8 heteroatoms. The lowest BCUT2D eigenvalue weighted by atomic mass is 9.85. The number of imide groups is 1. The van der Waals surface area contributed by atoms with E-state index in [0.29, 0.717) is 23.8 Å². The van der Waals surface area contributed by atoms with Gasteiger partial charge in [0, 0.05) is 10.7 Å². The minimum Gasteiger partial charge on any atom is -0.324 e. The van der Waals surface area contributed by atoms with E-state index in [9.17, 15) is 9.59 Å². The summed E-state index contributed by atoms with van der Waals surface area (Å²) < 4.78 is 1.71. The Morgan fingerprint density at radius 2 is 1.58 bits per heavy atom. The number of halogens is 1. The lowest BCUT2D eigenvalue weighted by Gasteiger charge is -2.24. The zero-order valence-corrected chi connectivity index (χ0v) is 18.3. The molecule has 33 heavy (non-hydrogen) atoms. The standard InChI is InChI=1S/C25H20ClN5O2/c26-17-12-10-16(11-13-17)21-14-20(15-6-2-1-3-7-15)27-24-28-25(29-31(21)24)30-22(32)18-8-4-5-9-19(18)23(30)33/h1-7,10-14,18-19,21H,8-9H2,(H,27,28,29)/t18-,19-,21-/m1/s1. The Kier molecular flexibility index (Phi) is 4.66. The summed E-state index contributed by atoms with van der Waals surface area (Å²) >= 11 is 6.11. The fourth-order valence-electron chi connectivity index (χ4n) is 4.76. The highest BCUT2D eigenvalue weighted by Gasteiger charge is 2.49. The molecule has 3 atom stereocenters. The molecule has 2 aliphatic heterocycles. The third kappa shape index (κ3) is 3.27. The van der Waals surface area contributed by atoms with Crippen molar-refractivity contribution in [2.24, 2.45) is 11.8 Å². The highest BCUT2D eigenvalue weighted by molar-refractivity contribution is 6.30. The molecule has 0 radical (unpaired) electrons. The molecule has 0 spiro atoms. The molecular weight excluding hydrogens is 438 g/mol. The van der Waals surface area contributed by atoms with E-state index in [1.165, 1.54) is 0 Å². The first kappa shape index (κ1) is 19.9. The van der Waals surface area contributed by atoms with E-state index in [1.807, 2.05) is 66.7 Å². The van der Waals surface area contributed by atoms with Gasteiger partial charge in [-0.2, -0.15) is 4.98 Å². The number of anilines is 2. The maximum atomic E-state index is 13.1. The SMILES string of the molecule is O=C1[C@@H]2CC=CC[C@H]2C(=O)N1c1nc2n(n1)[C@@H](c1ccc(Cl)cc1)C=C(c1ccccc1)N2. The predicted molar refractivity (Wildman–Crippen MR) is 126 cm³/mol. The largest absolute Gasteiger partial charge is 0.324 e. The summed E-state index contributed by atoms with van der Waals surface area (Å²) in [6.45, 7) is 0. The van der Waals surface area contributed by atoms with Crippen molar-refractivity contribution in [3.8, 4) is 0 Å². The number of nitrogens with zero attached hydrogens (tertiary/aromatic N) is 4. The molecule has 0 unspecified atom stereocenters. The number of carbonyl (C=O) groups is 2. The van der Waals surface area contributed by atoms with Crippen LogP contribution in [0.4, 0.5) is 11.9 Å². The van der Waals surface area contributed by atoms with Crippen LogP contribution in [0, 0.1) is 11.8 Å². The predicted octanol–water partition coefficient (Wildman–Crippen LogP) is 4.44. The van der Waals surface area contributed by atoms with Gasteiger partial charge in [0.1, 0.15) is 6.04 Å². The van der Waals surface area contributed by atoms with Gasteiger partial charge in [0.2, 0.25) is 17.8 Å². The van der Waals surface area contributed by atoms with E-state index in [4.69, 9.17) is 11.6 Å². The van der Waals surface area contributed by atoms with Crippen LogP contribution in [0.3, 0.4) is 0 Å². The smallest absolute Gasteiger partial charge is 0.260 e. The first-order chi connectivity index (χ1) is 16.1. The van der Waals surface area contributed by atoms with Crippen LogP contribution < -0.4 is 10.2 Å². The number of aromatic nitrogens is 3. The van der Waals surface area contributed by atoms with Crippen molar-refractivity contribution in [2.45, 2.75) is 18.9 Å². The zero-order valence-electron chi connectivity index (χ0n) is 17.6. The van der Waals surface area contributed by atoms with Gasteiger partial charge in [-0.25, -0.2) is 9.58 Å². The third-order valence-corrected chi connectivity index (χ3v) is 6.71. The van der Waals surface area contributed by atoms with Crippen LogP contribution in [0.5, 0.6) is 0 Å². The summed E-state index contributed by atoms with van der Waals surface area (Å²) in [5.41, 5.74) is 2.83. The number of benzene rings is 2. The molecule has 1 aromatic heterocycles. The van der Waals surface area contributed by atoms with Crippen molar-refractivity contribution in [1.82, 2.24) is 14.8 Å². The monoisotopic (exact) mass is 457 g/mol. The van der Waals surface area contributed by atoms with Gasteiger partial charge in [-0.1, -0.05) is 66.2 Å². The maximum absolute atomic E-state index is 13.1. The Hall–Kier alpha value is -3.71. The van der Waals surface area contributed by atoms with Crippen LogP contribution in [-0.4, -0.2) is 26.6 Å². The summed E-state index contributed by atoms with van der Waals surface area (Å²) in [6.07, 6.45) is 7.14. The molecular formula is C25H20ClN5O2. The average Bonchev–Trinajstić information content (AvgIpc) is 3.38. The number of fused-ring (bicyclic) bond motifs is 2. The number of carbonyl (C=O) groups excluding carboxylic acids is 2. The normalized spacial score (nSPS) is 23.7. The van der Waals surface area contributed by atoms with Crippen LogP contribution in [0.15, 0.2) is 72.8 Å². The van der Waals surface area contributed by atoms with Crippen LogP contribution >= 0.6 is 11.6 Å². The number of nitrogens with one attached hydrogen (secondary N) is 1. The Morgan fingerprint density at radius 3 is 2.24 bits per heavy atom. The lowest BCUT2D eigenvalue weighted by Crippen LogP contribution is -2.32. The van der Waals surface area contributed by atoms with Crippen molar-refractivity contribution in [3.63, 3.8) is 0 Å². The zero-order chi connectivity index (χ0) is 22.5. The summed E-state index contributed by atoms with van der Waals surface area (Å²) in [6, 6.07) is 17.2. The van der Waals surface area contributed by atoms with Crippen molar-refractivity contribution >= 4 is 41.0 Å². The molecule has 7 nitrogen and oxygen atoms in total. The summed E-state index contributed by atoms with van der Waals surface area (Å²) in [7, 11) is 0. The van der Waals surface area contributed by atoms with E-state index in [2.05, 4.69) is 21.5 Å². The molecule has 1 fully saturated rings. The van der Waals surface area contributed by atoms with Crippen molar-refractivity contribution in [2.75, 3.05) is 10.2 Å². The number of allylic oxidation sites excluding steroid dienone is 3. The van der Waals surface area contributed by atoms with Gasteiger partial charge >= 0.3 is 0 Å². The van der Waals surface area contributed by atoms with Crippen LogP contribution in [-0.2, 0) is 9.59 Å². The Labute approximate surface area is 195 Å². The molecule has 2 aromatic carbocycles. The molecule has 6 rings (SSSR count). The molecule has 164 valence electrons. The van der Waals surface area contributed by atoms with Gasteiger partial charge in [-0.3, -0.25) is 9.59 Å². The van der Waals surface area contributed by atoms with Gasteiger partial charge in [0.25, 0.3) is 5.95 Å². The highest BCUT2D eigenvalue weighted by Crippen LogP contribution is 2.39. The molecule has 3 heterocycles. The van der Waals surface area contributed by atoms with Crippen molar-refractivity contribution in [3.05, 3.63) is 89.0 Å². The number of hydrogen-bond acceptors (Lipinski definition) is 5. The molecule has 3 aliphatic rings. The molecule has 0 saturated carbocycles. The van der Waals surface area contributed by atoms with Crippen molar-refractivity contribution < 1.29 is 9.59 Å².